The van der Waals surface area contributed by atoms with E-state index in [9.17, 15) is 19.5 Å². The van der Waals surface area contributed by atoms with Crippen molar-refractivity contribution in [2.45, 2.75) is 19.9 Å². The molecule has 0 saturated carbocycles. The van der Waals surface area contributed by atoms with Gasteiger partial charge < -0.3 is 9.90 Å². The van der Waals surface area contributed by atoms with Crippen molar-refractivity contribution in [3.8, 4) is 11.3 Å². The zero-order chi connectivity index (χ0) is 17.3. The molecule has 0 radical (unpaired) electrons. The van der Waals surface area contributed by atoms with Gasteiger partial charge in [0.25, 0.3) is 5.56 Å². The number of carboxylic acids is 1. The molecular weight excluding hydrogens is 310 g/mol. The fourth-order valence-electron chi connectivity index (χ4n) is 2.62. The molecule has 3 rings (SSSR count). The molecule has 0 fully saturated rings. The normalized spacial score (nSPS) is 10.9. The average molecular weight is 324 g/mol. The molecule has 122 valence electrons. The predicted octanol–water partition coefficient (Wildman–Crippen LogP) is 0.525. The number of pyridine rings is 1. The Morgan fingerprint density at radius 3 is 2.58 bits per heavy atom. The monoisotopic (exact) mass is 324 g/mol. The van der Waals surface area contributed by atoms with Gasteiger partial charge in [-0.15, -0.1) is 0 Å². The lowest BCUT2D eigenvalue weighted by molar-refractivity contribution is -0.254. The van der Waals surface area contributed by atoms with Crippen LogP contribution >= 0.6 is 0 Å². The average Bonchev–Trinajstić information content (AvgIpc) is 2.58. The molecule has 2 aromatic heterocycles. The summed E-state index contributed by atoms with van der Waals surface area (Å²) in [5, 5.41) is 11.4. The minimum Gasteiger partial charge on any atom is -0.545 e. The molecule has 1 N–H and O–H groups in total. The van der Waals surface area contributed by atoms with Crippen LogP contribution < -0.4 is 16.4 Å². The van der Waals surface area contributed by atoms with Crippen LogP contribution in [0, 0.1) is 0 Å². The molecule has 0 spiro atoms. The summed E-state index contributed by atoms with van der Waals surface area (Å²) in [7, 11) is 0. The van der Waals surface area contributed by atoms with Crippen LogP contribution in [0.2, 0.25) is 0 Å². The SMILES string of the molecule is CCCn1c(=O)[nH]c(=O)c2c(C(=O)[O-])cc(-c3ccccc3)nc21. The molecular formula is C17H14N3O4-. The number of benzene rings is 1. The first-order chi connectivity index (χ1) is 11.5. The van der Waals surface area contributed by atoms with E-state index >= 15 is 0 Å². The van der Waals surface area contributed by atoms with Gasteiger partial charge in [-0.1, -0.05) is 37.3 Å². The lowest BCUT2D eigenvalue weighted by Crippen LogP contribution is -2.33. The number of aryl methyl sites for hydroxylation is 1. The third kappa shape index (κ3) is 2.60. The van der Waals surface area contributed by atoms with Gasteiger partial charge in [0, 0.05) is 17.7 Å². The molecule has 0 aliphatic carbocycles. The number of hydrogen-bond acceptors (Lipinski definition) is 5. The van der Waals surface area contributed by atoms with Crippen molar-refractivity contribution in [2.24, 2.45) is 0 Å². The Morgan fingerprint density at radius 2 is 1.96 bits per heavy atom. The minimum atomic E-state index is -1.49. The van der Waals surface area contributed by atoms with Gasteiger partial charge in [0.15, 0.2) is 5.65 Å². The number of fused-ring (bicyclic) bond motifs is 1. The number of rotatable bonds is 4. The van der Waals surface area contributed by atoms with Crippen LogP contribution in [0.3, 0.4) is 0 Å². The second-order valence-corrected chi connectivity index (χ2v) is 5.32. The van der Waals surface area contributed by atoms with E-state index in [2.05, 4.69) is 9.97 Å². The summed E-state index contributed by atoms with van der Waals surface area (Å²) in [4.78, 5) is 42.3. The van der Waals surface area contributed by atoms with Crippen molar-refractivity contribution in [3.05, 3.63) is 62.8 Å². The lowest BCUT2D eigenvalue weighted by Gasteiger charge is -2.13. The number of aromatic nitrogens is 3. The van der Waals surface area contributed by atoms with Crippen LogP contribution in [0.4, 0.5) is 0 Å². The highest BCUT2D eigenvalue weighted by Crippen LogP contribution is 2.22. The summed E-state index contributed by atoms with van der Waals surface area (Å²) in [5.41, 5.74) is -0.601. The molecule has 24 heavy (non-hydrogen) atoms. The molecule has 1 aromatic carbocycles. The van der Waals surface area contributed by atoms with Gasteiger partial charge in [0.1, 0.15) is 0 Å². The molecule has 0 atom stereocenters. The summed E-state index contributed by atoms with van der Waals surface area (Å²) in [6.45, 7) is 2.17. The molecule has 7 heteroatoms. The molecule has 0 amide bonds. The van der Waals surface area contributed by atoms with E-state index < -0.39 is 17.2 Å². The Morgan fingerprint density at radius 1 is 1.25 bits per heavy atom. The summed E-state index contributed by atoms with van der Waals surface area (Å²) in [5.74, 6) is -1.49. The highest BCUT2D eigenvalue weighted by Gasteiger charge is 2.16. The number of aromatic carboxylic acids is 1. The summed E-state index contributed by atoms with van der Waals surface area (Å²) in [6.07, 6.45) is 0.624. The summed E-state index contributed by atoms with van der Waals surface area (Å²) >= 11 is 0. The van der Waals surface area contributed by atoms with E-state index in [1.807, 2.05) is 13.0 Å². The number of nitrogens with one attached hydrogen (secondary N) is 1. The Balaban J connectivity index is 2.47. The number of nitrogens with zero attached hydrogens (tertiary/aromatic N) is 2. The Labute approximate surface area is 136 Å². The number of carboxylic acid groups (broad SMARTS) is 1. The van der Waals surface area contributed by atoms with Crippen LogP contribution in [-0.2, 0) is 6.54 Å². The molecule has 7 nitrogen and oxygen atoms in total. The van der Waals surface area contributed by atoms with Gasteiger partial charge in [-0.3, -0.25) is 14.3 Å². The van der Waals surface area contributed by atoms with Crippen LogP contribution in [-0.4, -0.2) is 20.5 Å². The zero-order valence-corrected chi connectivity index (χ0v) is 12.9. The van der Waals surface area contributed by atoms with Gasteiger partial charge in [0.05, 0.1) is 17.0 Å². The van der Waals surface area contributed by atoms with Crippen LogP contribution in [0.5, 0.6) is 0 Å². The topological polar surface area (TPSA) is 108 Å². The summed E-state index contributed by atoms with van der Waals surface area (Å²) in [6, 6.07) is 10.2. The molecule has 0 aliphatic rings. The maximum atomic E-state index is 12.1. The first-order valence-electron chi connectivity index (χ1n) is 7.47. The predicted molar refractivity (Wildman–Crippen MR) is 86.7 cm³/mol. The highest BCUT2D eigenvalue weighted by atomic mass is 16.4. The second kappa shape index (κ2) is 6.11. The first-order valence-corrected chi connectivity index (χ1v) is 7.47. The standard InChI is InChI=1S/C17H15N3O4/c1-2-8-20-14-13(15(21)19-17(20)24)11(16(22)23)9-12(18-14)10-6-4-3-5-7-10/h3-7,9H,2,8H2,1H3,(H,22,23)(H,19,21,24)/p-1. The lowest BCUT2D eigenvalue weighted by atomic mass is 10.1. The fraction of sp³-hybridized carbons (Fsp3) is 0.176. The van der Waals surface area contributed by atoms with Crippen molar-refractivity contribution in [3.63, 3.8) is 0 Å². The van der Waals surface area contributed by atoms with Crippen molar-refractivity contribution in [2.75, 3.05) is 0 Å². The van der Waals surface area contributed by atoms with E-state index in [1.165, 1.54) is 10.6 Å². The molecule has 0 unspecified atom stereocenters. The van der Waals surface area contributed by atoms with E-state index in [0.29, 0.717) is 24.2 Å². The first kappa shape index (κ1) is 15.7. The van der Waals surface area contributed by atoms with E-state index in [4.69, 9.17) is 0 Å². The smallest absolute Gasteiger partial charge is 0.329 e. The third-order valence-corrected chi connectivity index (χ3v) is 3.69. The zero-order valence-electron chi connectivity index (χ0n) is 12.9. The van der Waals surface area contributed by atoms with Crippen molar-refractivity contribution >= 4 is 17.0 Å². The maximum Gasteiger partial charge on any atom is 0.329 e. The molecule has 0 aliphatic heterocycles. The Bertz CT molecular complexity index is 1040. The van der Waals surface area contributed by atoms with Crippen molar-refractivity contribution in [1.82, 2.24) is 14.5 Å². The number of H-pyrrole nitrogens is 1. The van der Waals surface area contributed by atoms with Gasteiger partial charge >= 0.3 is 5.69 Å². The van der Waals surface area contributed by atoms with Gasteiger partial charge in [-0.25, -0.2) is 9.78 Å². The summed E-state index contributed by atoms with van der Waals surface area (Å²) < 4.78 is 1.27. The van der Waals surface area contributed by atoms with E-state index in [0.717, 1.165) is 0 Å². The molecule has 3 aromatic rings. The Hall–Kier alpha value is -3.22. The maximum absolute atomic E-state index is 12.1. The number of aromatic amines is 1. The van der Waals surface area contributed by atoms with Gasteiger partial charge in [0.2, 0.25) is 0 Å². The quantitative estimate of drug-likeness (QED) is 0.753. The minimum absolute atomic E-state index is 0.0474. The van der Waals surface area contributed by atoms with Gasteiger partial charge in [-0.2, -0.15) is 0 Å². The third-order valence-electron chi connectivity index (χ3n) is 3.69. The van der Waals surface area contributed by atoms with Crippen molar-refractivity contribution in [1.29, 1.82) is 0 Å². The van der Waals surface area contributed by atoms with E-state index in [-0.39, 0.29) is 16.6 Å². The largest absolute Gasteiger partial charge is 0.545 e. The van der Waals surface area contributed by atoms with Crippen molar-refractivity contribution < 1.29 is 9.90 Å². The number of carbonyl (C=O) groups is 1. The van der Waals surface area contributed by atoms with Crippen LogP contribution in [0.15, 0.2) is 46.0 Å². The number of carbonyl (C=O) groups excluding carboxylic acids is 1. The van der Waals surface area contributed by atoms with Crippen LogP contribution in [0.1, 0.15) is 23.7 Å². The fourth-order valence-corrected chi connectivity index (χ4v) is 2.62. The highest BCUT2D eigenvalue weighted by molar-refractivity contribution is 6.01. The van der Waals surface area contributed by atoms with Crippen LogP contribution in [0.25, 0.3) is 22.3 Å². The van der Waals surface area contributed by atoms with E-state index in [1.54, 1.807) is 24.3 Å². The molecule has 2 heterocycles. The number of hydrogen-bond donors (Lipinski definition) is 1. The Kier molecular flexibility index (Phi) is 3.99. The van der Waals surface area contributed by atoms with Gasteiger partial charge in [-0.05, 0) is 12.5 Å². The molecule has 0 saturated heterocycles. The molecule has 0 bridgehead atoms. The second-order valence-electron chi connectivity index (χ2n) is 5.32.